The van der Waals surface area contributed by atoms with Gasteiger partial charge in [0, 0.05) is 96.6 Å². The van der Waals surface area contributed by atoms with E-state index in [1.54, 1.807) is 0 Å². The third-order valence-electron chi connectivity index (χ3n) is 13.1. The summed E-state index contributed by atoms with van der Waals surface area (Å²) in [5.74, 6) is 0. The van der Waals surface area contributed by atoms with Gasteiger partial charge in [-0.25, -0.2) is 0 Å². The van der Waals surface area contributed by atoms with Crippen LogP contribution >= 0.6 is 45.3 Å². The molecule has 7 aromatic carbocycles. The van der Waals surface area contributed by atoms with Gasteiger partial charge >= 0.3 is 0 Å². The Morgan fingerprint density at radius 2 is 0.831 bits per heavy atom. The molecule has 0 atom stereocenters. The molecule has 0 N–H and O–H groups in total. The molecule has 8 aromatic heterocycles. The molecule has 0 aliphatic carbocycles. The van der Waals surface area contributed by atoms with Gasteiger partial charge in [-0.2, -0.15) is 0 Å². The molecule has 0 fully saturated rings. The van der Waals surface area contributed by atoms with Crippen LogP contribution < -0.4 is 0 Å². The molecule has 0 bridgehead atoms. The van der Waals surface area contributed by atoms with Crippen molar-refractivity contribution in [2.75, 3.05) is 0 Å². The minimum atomic E-state index is 1.04. The van der Waals surface area contributed by atoms with E-state index in [1.807, 2.05) is 76.1 Å². The van der Waals surface area contributed by atoms with Crippen LogP contribution in [-0.2, 0) is 0 Å². The summed E-state index contributed by atoms with van der Waals surface area (Å²) >= 11 is 7.36. The van der Waals surface area contributed by atoms with Gasteiger partial charge in [0.05, 0.1) is 41.7 Å². The zero-order valence-corrected chi connectivity index (χ0v) is 37.5. The molecular formula is C57H30N4S4. The number of para-hydroxylation sites is 2. The van der Waals surface area contributed by atoms with Crippen molar-refractivity contribution in [1.29, 1.82) is 0 Å². The molecular weight excluding hydrogens is 869 g/mol. The second kappa shape index (κ2) is 13.6. The van der Waals surface area contributed by atoms with Crippen molar-refractivity contribution < 1.29 is 0 Å². The highest BCUT2D eigenvalue weighted by Gasteiger charge is 2.22. The van der Waals surface area contributed by atoms with Gasteiger partial charge in [-0.3, -0.25) is 15.0 Å². The Kier molecular flexibility index (Phi) is 7.54. The summed E-state index contributed by atoms with van der Waals surface area (Å²) in [4.78, 5) is 14.7. The lowest BCUT2D eigenvalue weighted by Crippen LogP contribution is -1.95. The first-order valence-corrected chi connectivity index (χ1v) is 24.8. The molecule has 15 rings (SSSR count). The van der Waals surface area contributed by atoms with E-state index in [0.29, 0.717) is 0 Å². The molecule has 302 valence electrons. The molecule has 0 aliphatic rings. The van der Waals surface area contributed by atoms with Gasteiger partial charge < -0.3 is 4.57 Å². The van der Waals surface area contributed by atoms with Gasteiger partial charge in [-0.05, 0) is 119 Å². The van der Waals surface area contributed by atoms with E-state index < -0.39 is 0 Å². The van der Waals surface area contributed by atoms with E-state index in [2.05, 4.69) is 156 Å². The predicted octanol–water partition coefficient (Wildman–Crippen LogP) is 17.4. The average molecular weight is 899 g/mol. The molecule has 0 saturated carbocycles. The van der Waals surface area contributed by atoms with Crippen molar-refractivity contribution in [3.63, 3.8) is 0 Å². The zero-order valence-electron chi connectivity index (χ0n) is 34.2. The molecule has 15 aromatic rings. The lowest BCUT2D eigenvalue weighted by molar-refractivity contribution is 1.19. The number of benzene rings is 7. The summed E-state index contributed by atoms with van der Waals surface area (Å²) in [5.41, 5.74) is 13.9. The maximum absolute atomic E-state index is 5.01. The number of aromatic nitrogens is 4. The molecule has 4 nitrogen and oxygen atoms in total. The van der Waals surface area contributed by atoms with Crippen LogP contribution in [0.1, 0.15) is 0 Å². The second-order valence-electron chi connectivity index (χ2n) is 16.7. The Labute approximate surface area is 386 Å². The number of fused-ring (bicyclic) bond motifs is 15. The largest absolute Gasteiger partial charge is 0.309 e. The fourth-order valence-corrected chi connectivity index (χ4v) is 14.9. The van der Waals surface area contributed by atoms with Gasteiger partial charge in [-0.15, -0.1) is 45.3 Å². The minimum absolute atomic E-state index is 1.04. The normalized spacial score (nSPS) is 12.3. The fourth-order valence-electron chi connectivity index (χ4n) is 10.3. The van der Waals surface area contributed by atoms with E-state index >= 15 is 0 Å². The topological polar surface area (TPSA) is 43.6 Å². The molecule has 0 aliphatic heterocycles. The lowest BCUT2D eigenvalue weighted by Gasteiger charge is -2.14. The van der Waals surface area contributed by atoms with Crippen molar-refractivity contribution in [3.05, 3.63) is 182 Å². The minimum Gasteiger partial charge on any atom is -0.309 e. The Morgan fingerprint density at radius 3 is 1.49 bits per heavy atom. The van der Waals surface area contributed by atoms with Crippen LogP contribution in [0.2, 0.25) is 0 Å². The van der Waals surface area contributed by atoms with Crippen LogP contribution in [-0.4, -0.2) is 19.5 Å². The van der Waals surface area contributed by atoms with E-state index in [0.717, 1.165) is 22.2 Å². The summed E-state index contributed by atoms with van der Waals surface area (Å²) in [7, 11) is 0. The van der Waals surface area contributed by atoms with E-state index in [4.69, 9.17) is 15.0 Å². The number of thiophene rings is 4. The predicted molar refractivity (Wildman–Crippen MR) is 282 cm³/mol. The average Bonchev–Trinajstić information content (AvgIpc) is 4.18. The zero-order chi connectivity index (χ0) is 42.3. The highest BCUT2D eigenvalue weighted by Crippen LogP contribution is 2.50. The molecule has 0 amide bonds. The number of hydrogen-bond acceptors (Lipinski definition) is 7. The summed E-state index contributed by atoms with van der Waals surface area (Å²) < 4.78 is 12.4. The van der Waals surface area contributed by atoms with Crippen LogP contribution in [0.25, 0.3) is 142 Å². The Balaban J connectivity index is 1.04. The first kappa shape index (κ1) is 36.1. The number of pyridine rings is 3. The van der Waals surface area contributed by atoms with Crippen molar-refractivity contribution in [2.45, 2.75) is 0 Å². The second-order valence-corrected chi connectivity index (χ2v) is 20.9. The first-order valence-electron chi connectivity index (χ1n) is 21.5. The van der Waals surface area contributed by atoms with Crippen molar-refractivity contribution in [2.24, 2.45) is 0 Å². The van der Waals surface area contributed by atoms with E-state index in [-0.39, 0.29) is 0 Å². The standard InChI is InChI=1S/C57H30N4S4/c1-3-13-45-36(9-1)37-10-2-4-14-46(37)61(45)34-29-40(57-44(30-34)54-51(64-57)17-8-24-60-54)33-27-39(32-19-21-48-43(26-32)53-50(63-48)16-7-23-59-53)56-41(28-33)38-12-5-11-35(55(38)65-56)31-18-20-47-42(25-31)52-49(62-47)15-6-22-58-52/h1-30H. The van der Waals surface area contributed by atoms with Crippen LogP contribution in [0.15, 0.2) is 182 Å². The summed E-state index contributed by atoms with van der Waals surface area (Å²) in [5, 5.41) is 8.58. The quantitative estimate of drug-likeness (QED) is 0.177. The maximum Gasteiger partial charge on any atom is 0.0889 e. The fraction of sp³-hybridized carbons (Fsp3) is 0. The highest BCUT2D eigenvalue weighted by atomic mass is 32.1. The SMILES string of the molecule is c1cnc2c(c1)sc1ccc(-c3cccc4c3sc3c(-c5ccc6sc7cccnc7c6c5)cc(-c5cc(-n6c7ccccc7c7ccccc76)cc6c5sc5cccnc56)cc34)cc12. The van der Waals surface area contributed by atoms with Gasteiger partial charge in [-0.1, -0.05) is 66.7 Å². The van der Waals surface area contributed by atoms with Crippen LogP contribution in [0.3, 0.4) is 0 Å². The van der Waals surface area contributed by atoms with Crippen LogP contribution in [0.5, 0.6) is 0 Å². The first-order chi connectivity index (χ1) is 32.2. The van der Waals surface area contributed by atoms with E-state index in [1.165, 1.54) is 120 Å². The molecule has 0 unspecified atom stereocenters. The smallest absolute Gasteiger partial charge is 0.0889 e. The molecule has 0 radical (unpaired) electrons. The molecule has 0 spiro atoms. The van der Waals surface area contributed by atoms with Crippen molar-refractivity contribution in [1.82, 2.24) is 19.5 Å². The van der Waals surface area contributed by atoms with Gasteiger partial charge in [0.1, 0.15) is 0 Å². The lowest BCUT2D eigenvalue weighted by atomic mass is 9.94. The van der Waals surface area contributed by atoms with Crippen molar-refractivity contribution >= 4 is 148 Å². The van der Waals surface area contributed by atoms with Gasteiger partial charge in [0.2, 0.25) is 0 Å². The van der Waals surface area contributed by atoms with E-state index in [9.17, 15) is 0 Å². The number of hydrogen-bond donors (Lipinski definition) is 0. The van der Waals surface area contributed by atoms with Gasteiger partial charge in [0.25, 0.3) is 0 Å². The Hall–Kier alpha value is -7.33. The summed E-state index contributed by atoms with van der Waals surface area (Å²) in [6.45, 7) is 0. The van der Waals surface area contributed by atoms with Crippen LogP contribution in [0.4, 0.5) is 0 Å². The maximum atomic E-state index is 5.01. The summed E-state index contributed by atoms with van der Waals surface area (Å²) in [6, 6.07) is 60.7. The summed E-state index contributed by atoms with van der Waals surface area (Å²) in [6.07, 6.45) is 5.74. The monoisotopic (exact) mass is 898 g/mol. The number of rotatable bonds is 4. The van der Waals surface area contributed by atoms with Crippen molar-refractivity contribution in [3.8, 4) is 39.1 Å². The van der Waals surface area contributed by atoms with Crippen LogP contribution in [0, 0.1) is 0 Å². The highest BCUT2D eigenvalue weighted by molar-refractivity contribution is 7.27. The number of nitrogens with zero attached hydrogens (tertiary/aromatic N) is 4. The molecule has 8 heterocycles. The molecule has 0 saturated heterocycles. The third kappa shape index (κ3) is 5.25. The Morgan fingerprint density at radius 1 is 0.308 bits per heavy atom. The molecule has 65 heavy (non-hydrogen) atoms. The third-order valence-corrected chi connectivity index (χ3v) is 17.9. The Bertz CT molecular complexity index is 4450. The van der Waals surface area contributed by atoms with Gasteiger partial charge in [0.15, 0.2) is 0 Å². The molecule has 8 heteroatoms.